The number of methoxy groups -OCH3 is 3. The molecule has 1 aliphatic heterocycles. The van der Waals surface area contributed by atoms with Crippen molar-refractivity contribution in [2.75, 3.05) is 45.1 Å². The number of hydrogen-bond donors (Lipinski definition) is 4. The van der Waals surface area contributed by atoms with Gasteiger partial charge in [-0.1, -0.05) is 0 Å². The number of thiocarbonyl (C=S) groups is 1. The molecule has 10 nitrogen and oxygen atoms in total. The minimum atomic E-state index is -0.951. The Morgan fingerprint density at radius 2 is 1.82 bits per heavy atom. The molecule has 0 spiro atoms. The molecule has 0 bridgehead atoms. The molecular weight excluding hydrogens is 461 g/mol. The van der Waals surface area contributed by atoms with Crippen molar-refractivity contribution >= 4 is 45.8 Å². The van der Waals surface area contributed by atoms with Crippen LogP contribution < -0.4 is 35.5 Å². The van der Waals surface area contributed by atoms with Gasteiger partial charge in [0.2, 0.25) is 5.75 Å². The lowest BCUT2D eigenvalue weighted by Crippen LogP contribution is -2.90. The van der Waals surface area contributed by atoms with Crippen molar-refractivity contribution < 1.29 is 23.9 Å². The van der Waals surface area contributed by atoms with E-state index in [4.69, 9.17) is 26.4 Å². The van der Waals surface area contributed by atoms with Gasteiger partial charge in [-0.3, -0.25) is 0 Å². The Morgan fingerprint density at radius 3 is 2.50 bits per heavy atom. The maximum atomic E-state index is 14.1. The van der Waals surface area contributed by atoms with Gasteiger partial charge in [0.15, 0.2) is 34.2 Å². The van der Waals surface area contributed by atoms with E-state index in [0.29, 0.717) is 63.8 Å². The summed E-state index contributed by atoms with van der Waals surface area (Å²) in [5.74, 6) is 2.48. The summed E-state index contributed by atoms with van der Waals surface area (Å²) >= 11 is 5.35. The summed E-state index contributed by atoms with van der Waals surface area (Å²) in [6.07, 6.45) is 1.36. The molecular formula is C22H27FN7O3S+. The van der Waals surface area contributed by atoms with Gasteiger partial charge < -0.3 is 35.5 Å². The molecule has 1 fully saturated rings. The number of rotatable bonds is 7. The van der Waals surface area contributed by atoms with E-state index >= 15 is 0 Å². The van der Waals surface area contributed by atoms with E-state index in [-0.39, 0.29) is 6.04 Å². The fraction of sp³-hybridized carbons (Fsp3) is 0.364. The summed E-state index contributed by atoms with van der Waals surface area (Å²) in [6, 6.07) is 6.77. The Hall–Kier alpha value is -3.51. The number of hydrogen-bond acceptors (Lipinski definition) is 8. The van der Waals surface area contributed by atoms with Crippen molar-refractivity contribution in [2.24, 2.45) is 0 Å². The Bertz CT molecular complexity index is 1160. The average molecular weight is 489 g/mol. The summed E-state index contributed by atoms with van der Waals surface area (Å²) in [7, 11) is 4.65. The molecule has 1 aliphatic rings. The Balaban J connectivity index is 1.51. The number of fused-ring (bicyclic) bond motifs is 1. The van der Waals surface area contributed by atoms with E-state index in [1.54, 1.807) is 51.8 Å². The molecule has 34 heavy (non-hydrogen) atoms. The topological polar surface area (TPSA) is 119 Å². The molecule has 3 heterocycles. The highest BCUT2D eigenvalue weighted by Crippen LogP contribution is 2.40. The monoisotopic (exact) mass is 488 g/mol. The molecule has 12 heteroatoms. The number of halogens is 1. The number of ether oxygens (including phenoxy) is 3. The average Bonchev–Trinajstić information content (AvgIpc) is 2.84. The van der Waals surface area contributed by atoms with Crippen LogP contribution in [0, 0.1) is 0 Å². The maximum Gasteiger partial charge on any atom is 0.203 e. The van der Waals surface area contributed by atoms with Crippen molar-refractivity contribution in [3.8, 4) is 17.2 Å². The SMILES string of the molecule is COc1cc(Nc2cnc3ccc(NC(=S)NC4CC[NH2+]CC4F)nc3n2)cc(OC)c1OC. The van der Waals surface area contributed by atoms with Crippen molar-refractivity contribution in [1.29, 1.82) is 0 Å². The second-order valence-electron chi connectivity index (χ2n) is 7.66. The fourth-order valence-corrected chi connectivity index (χ4v) is 3.99. The van der Waals surface area contributed by atoms with Gasteiger partial charge in [0, 0.05) is 24.2 Å². The number of alkyl halides is 1. The minimum absolute atomic E-state index is 0.306. The van der Waals surface area contributed by atoms with Crippen LogP contribution in [0.4, 0.5) is 21.7 Å². The lowest BCUT2D eigenvalue weighted by atomic mass is 10.1. The van der Waals surface area contributed by atoms with Gasteiger partial charge in [-0.25, -0.2) is 19.3 Å². The zero-order valence-electron chi connectivity index (χ0n) is 19.1. The second-order valence-corrected chi connectivity index (χ2v) is 8.06. The van der Waals surface area contributed by atoms with Gasteiger partial charge in [0.05, 0.1) is 40.1 Å². The molecule has 2 unspecified atom stereocenters. The van der Waals surface area contributed by atoms with Gasteiger partial charge in [0.25, 0.3) is 0 Å². The summed E-state index contributed by atoms with van der Waals surface area (Å²) in [6.45, 7) is 1.30. The fourth-order valence-electron chi connectivity index (χ4n) is 3.73. The molecule has 180 valence electrons. The largest absolute Gasteiger partial charge is 0.493 e. The molecule has 0 aliphatic carbocycles. The van der Waals surface area contributed by atoms with Gasteiger partial charge in [0.1, 0.15) is 17.9 Å². The van der Waals surface area contributed by atoms with Crippen LogP contribution in [-0.2, 0) is 0 Å². The first kappa shape index (κ1) is 23.6. The Kier molecular flexibility index (Phi) is 7.38. The molecule has 0 radical (unpaired) electrons. The van der Waals surface area contributed by atoms with Crippen LogP contribution in [-0.4, -0.2) is 66.7 Å². The van der Waals surface area contributed by atoms with E-state index in [1.165, 1.54) is 0 Å². The molecule has 1 aromatic carbocycles. The van der Waals surface area contributed by atoms with Crippen LogP contribution in [0.15, 0.2) is 30.5 Å². The van der Waals surface area contributed by atoms with Gasteiger partial charge >= 0.3 is 0 Å². The highest BCUT2D eigenvalue weighted by molar-refractivity contribution is 7.80. The zero-order chi connectivity index (χ0) is 24.1. The van der Waals surface area contributed by atoms with Gasteiger partial charge in [-0.05, 0) is 24.4 Å². The van der Waals surface area contributed by atoms with E-state index in [9.17, 15) is 4.39 Å². The molecule has 2 aromatic heterocycles. The van der Waals surface area contributed by atoms with Crippen molar-refractivity contribution in [3.05, 3.63) is 30.5 Å². The first-order chi connectivity index (χ1) is 16.5. The van der Waals surface area contributed by atoms with Crippen LogP contribution in [0.3, 0.4) is 0 Å². The molecule has 2 atom stereocenters. The lowest BCUT2D eigenvalue weighted by molar-refractivity contribution is -0.668. The van der Waals surface area contributed by atoms with Crippen molar-refractivity contribution in [1.82, 2.24) is 20.3 Å². The first-order valence-corrected chi connectivity index (χ1v) is 11.2. The normalized spacial score (nSPS) is 17.6. The van der Waals surface area contributed by atoms with E-state index in [1.807, 2.05) is 5.32 Å². The number of benzene rings is 1. The Morgan fingerprint density at radius 1 is 1.09 bits per heavy atom. The summed E-state index contributed by atoms with van der Waals surface area (Å²) < 4.78 is 30.2. The van der Waals surface area contributed by atoms with Crippen LogP contribution in [0.1, 0.15) is 6.42 Å². The number of aromatic nitrogens is 3. The smallest absolute Gasteiger partial charge is 0.203 e. The third kappa shape index (κ3) is 5.34. The van der Waals surface area contributed by atoms with Crippen LogP contribution in [0.25, 0.3) is 11.2 Å². The van der Waals surface area contributed by atoms with Gasteiger partial charge in [-0.15, -0.1) is 0 Å². The van der Waals surface area contributed by atoms with E-state index in [0.717, 1.165) is 6.54 Å². The lowest BCUT2D eigenvalue weighted by Gasteiger charge is -2.26. The first-order valence-electron chi connectivity index (χ1n) is 10.7. The summed E-state index contributed by atoms with van der Waals surface area (Å²) in [5.41, 5.74) is 1.71. The number of anilines is 3. The molecule has 1 saturated heterocycles. The van der Waals surface area contributed by atoms with Gasteiger partial charge in [-0.2, -0.15) is 0 Å². The van der Waals surface area contributed by atoms with E-state index < -0.39 is 6.17 Å². The van der Waals surface area contributed by atoms with Crippen LogP contribution >= 0.6 is 12.2 Å². The van der Waals surface area contributed by atoms with Crippen LogP contribution in [0.5, 0.6) is 17.2 Å². The quantitative estimate of drug-likeness (QED) is 0.366. The highest BCUT2D eigenvalue weighted by Gasteiger charge is 2.27. The van der Waals surface area contributed by atoms with E-state index in [2.05, 4.69) is 30.9 Å². The zero-order valence-corrected chi connectivity index (χ0v) is 19.9. The number of pyridine rings is 1. The molecule has 3 aromatic rings. The standard InChI is InChI=1S/C22H26FN7O3S/c1-31-16-8-12(9-17(32-2)20(16)33-3)26-19-11-25-15-4-5-18(28-21(15)29-19)30-22(34)27-14-6-7-24-10-13(14)23/h4-5,8-9,11,13-14,24H,6-7,10H2,1-3H3,(H3,26,27,28,29,30,34)/p+1. The highest BCUT2D eigenvalue weighted by atomic mass is 32.1. The number of quaternary nitrogens is 1. The minimum Gasteiger partial charge on any atom is -0.493 e. The predicted octanol–water partition coefficient (Wildman–Crippen LogP) is 1.75. The summed E-state index contributed by atoms with van der Waals surface area (Å²) in [4.78, 5) is 13.5. The van der Waals surface area contributed by atoms with Crippen molar-refractivity contribution in [2.45, 2.75) is 18.6 Å². The molecule has 4 rings (SSSR count). The van der Waals surface area contributed by atoms with Crippen LogP contribution in [0.2, 0.25) is 0 Å². The maximum absolute atomic E-state index is 14.1. The Labute approximate surface area is 201 Å². The molecule has 5 N–H and O–H groups in total. The number of nitrogens with one attached hydrogen (secondary N) is 3. The predicted molar refractivity (Wildman–Crippen MR) is 131 cm³/mol. The number of nitrogens with two attached hydrogens (primary N) is 1. The third-order valence-electron chi connectivity index (χ3n) is 5.41. The van der Waals surface area contributed by atoms with Crippen molar-refractivity contribution in [3.63, 3.8) is 0 Å². The number of nitrogens with zero attached hydrogens (tertiary/aromatic N) is 3. The number of piperidine rings is 1. The second kappa shape index (κ2) is 10.6. The third-order valence-corrected chi connectivity index (χ3v) is 5.63. The molecule has 0 amide bonds. The summed E-state index contributed by atoms with van der Waals surface area (Å²) in [5, 5.41) is 11.5. The molecule has 0 saturated carbocycles.